The molecule has 1 aromatic carbocycles. The summed E-state index contributed by atoms with van der Waals surface area (Å²) in [4.78, 5) is 12.9. The van der Waals surface area contributed by atoms with Gasteiger partial charge in [-0.3, -0.25) is 4.79 Å². The molecule has 0 bridgehead atoms. The van der Waals surface area contributed by atoms with Gasteiger partial charge in [0.05, 0.1) is 4.90 Å². The normalized spacial score (nSPS) is 15.3. The highest BCUT2D eigenvalue weighted by Gasteiger charge is 2.39. The van der Waals surface area contributed by atoms with Gasteiger partial charge in [0.15, 0.2) is 23.9 Å². The molecule has 1 rings (SSSR count). The van der Waals surface area contributed by atoms with Crippen LogP contribution in [0.1, 0.15) is 65.9 Å². The molecule has 4 nitrogen and oxygen atoms in total. The van der Waals surface area contributed by atoms with Gasteiger partial charge in [-0.15, -0.1) is 0 Å². The van der Waals surface area contributed by atoms with Crippen molar-refractivity contribution in [2.75, 3.05) is 0 Å². The third-order valence-electron chi connectivity index (χ3n) is 5.72. The van der Waals surface area contributed by atoms with E-state index in [9.17, 15) is 13.2 Å². The number of carbonyl (C=O) groups is 1. The fourth-order valence-electron chi connectivity index (χ4n) is 2.91. The Bertz CT molecular complexity index is 746. The lowest BCUT2D eigenvalue weighted by atomic mass is 10.1. The minimum absolute atomic E-state index is 0.0777. The van der Waals surface area contributed by atoms with Crippen LogP contribution in [0.4, 0.5) is 0 Å². The molecular formula is C22H38O4SSi. The molecule has 0 spiro atoms. The monoisotopic (exact) mass is 426 g/mol. The molecule has 0 saturated heterocycles. The average molecular weight is 427 g/mol. The van der Waals surface area contributed by atoms with Crippen LogP contribution in [0.15, 0.2) is 29.2 Å². The van der Waals surface area contributed by atoms with E-state index in [1.54, 1.807) is 24.3 Å². The molecule has 0 heterocycles. The lowest BCUT2D eigenvalue weighted by Gasteiger charge is -2.38. The molecule has 0 radical (unpaired) electrons. The summed E-state index contributed by atoms with van der Waals surface area (Å²) in [6.07, 6.45) is 1.70. The maximum Gasteiger partial charge on any atom is 0.192 e. The van der Waals surface area contributed by atoms with Gasteiger partial charge in [0.2, 0.25) is 0 Å². The minimum atomic E-state index is -3.70. The highest BCUT2D eigenvalue weighted by molar-refractivity contribution is 7.92. The van der Waals surface area contributed by atoms with Crippen molar-refractivity contribution >= 4 is 23.9 Å². The van der Waals surface area contributed by atoms with Crippen molar-refractivity contribution in [2.45, 2.75) is 102 Å². The molecule has 28 heavy (non-hydrogen) atoms. The topological polar surface area (TPSA) is 60.4 Å². The van der Waals surface area contributed by atoms with Crippen molar-refractivity contribution in [3.8, 4) is 0 Å². The largest absolute Gasteiger partial charge is 0.414 e. The summed E-state index contributed by atoms with van der Waals surface area (Å²) >= 11 is 0. The summed E-state index contributed by atoms with van der Waals surface area (Å²) in [6, 6.07) is 6.76. The van der Waals surface area contributed by atoms with Crippen molar-refractivity contribution < 1.29 is 17.6 Å². The molecule has 0 aliphatic heterocycles. The molecule has 6 heteroatoms. The van der Waals surface area contributed by atoms with Crippen LogP contribution in [-0.2, 0) is 19.1 Å². The highest BCUT2D eigenvalue weighted by atomic mass is 32.2. The standard InChI is InChI=1S/C22H38O4SSi/c1-9-10-20(23)21(27(24,25)19-14-11-17(2)12-15-19)16-13-18(3)26-28(7,8)22(4,5)6/h11-12,14-15,18,21H,9-10,13,16H2,1-8H3/t18-,21?/m0/s1. The van der Waals surface area contributed by atoms with Crippen LogP contribution in [0.5, 0.6) is 0 Å². The van der Waals surface area contributed by atoms with Gasteiger partial charge in [0.25, 0.3) is 0 Å². The second kappa shape index (κ2) is 9.68. The summed E-state index contributed by atoms with van der Waals surface area (Å²) in [7, 11) is -5.63. The van der Waals surface area contributed by atoms with E-state index >= 15 is 0 Å². The highest BCUT2D eigenvalue weighted by Crippen LogP contribution is 2.38. The van der Waals surface area contributed by atoms with E-state index in [2.05, 4.69) is 33.9 Å². The van der Waals surface area contributed by atoms with Gasteiger partial charge >= 0.3 is 0 Å². The first-order valence-electron chi connectivity index (χ1n) is 10.2. The van der Waals surface area contributed by atoms with E-state index in [0.29, 0.717) is 19.3 Å². The van der Waals surface area contributed by atoms with Gasteiger partial charge in [-0.05, 0) is 63.4 Å². The summed E-state index contributed by atoms with van der Waals surface area (Å²) in [6.45, 7) is 16.7. The Balaban J connectivity index is 3.00. The van der Waals surface area contributed by atoms with Gasteiger partial charge in [-0.1, -0.05) is 45.4 Å². The van der Waals surface area contributed by atoms with E-state index < -0.39 is 23.4 Å². The van der Waals surface area contributed by atoms with E-state index in [-0.39, 0.29) is 28.2 Å². The van der Waals surface area contributed by atoms with Gasteiger partial charge in [0, 0.05) is 12.5 Å². The maximum absolute atomic E-state index is 13.2. The van der Waals surface area contributed by atoms with Crippen LogP contribution in [-0.4, -0.2) is 33.9 Å². The quantitative estimate of drug-likeness (QED) is 0.450. The van der Waals surface area contributed by atoms with E-state index in [0.717, 1.165) is 5.56 Å². The zero-order valence-electron chi connectivity index (χ0n) is 18.8. The van der Waals surface area contributed by atoms with E-state index in [1.807, 2.05) is 20.8 Å². The zero-order valence-corrected chi connectivity index (χ0v) is 20.7. The van der Waals surface area contributed by atoms with Crippen LogP contribution < -0.4 is 0 Å². The summed E-state index contributed by atoms with van der Waals surface area (Å²) < 4.78 is 32.7. The van der Waals surface area contributed by atoms with Gasteiger partial charge in [0.1, 0.15) is 5.25 Å². The summed E-state index contributed by atoms with van der Waals surface area (Å²) in [5.74, 6) is -0.192. The number of rotatable bonds is 10. The lowest BCUT2D eigenvalue weighted by molar-refractivity contribution is -0.118. The molecule has 2 atom stereocenters. The molecule has 0 fully saturated rings. The first-order valence-corrected chi connectivity index (χ1v) is 14.7. The maximum atomic E-state index is 13.2. The Morgan fingerprint density at radius 1 is 1.11 bits per heavy atom. The van der Waals surface area contributed by atoms with Crippen molar-refractivity contribution in [3.63, 3.8) is 0 Å². The molecule has 160 valence electrons. The first-order chi connectivity index (χ1) is 12.7. The number of aryl methyl sites for hydroxylation is 1. The molecule has 0 aromatic heterocycles. The number of benzene rings is 1. The van der Waals surface area contributed by atoms with Crippen LogP contribution in [0.25, 0.3) is 0 Å². The number of carbonyl (C=O) groups excluding carboxylic acids is 1. The molecule has 0 saturated carbocycles. The third-order valence-corrected chi connectivity index (χ3v) is 12.5. The van der Waals surface area contributed by atoms with Gasteiger partial charge in [-0.25, -0.2) is 8.42 Å². The van der Waals surface area contributed by atoms with Crippen molar-refractivity contribution in [1.82, 2.24) is 0 Å². The Labute approximate surface area is 173 Å². The Morgan fingerprint density at radius 2 is 1.64 bits per heavy atom. The molecule has 1 aromatic rings. The summed E-state index contributed by atoms with van der Waals surface area (Å²) in [5, 5.41) is -0.909. The Kier molecular flexibility index (Phi) is 8.66. The van der Waals surface area contributed by atoms with Crippen molar-refractivity contribution in [3.05, 3.63) is 29.8 Å². The number of Topliss-reactive ketones (excluding diaryl/α,β-unsaturated/α-hetero) is 1. The van der Waals surface area contributed by atoms with Gasteiger partial charge < -0.3 is 4.43 Å². The third kappa shape index (κ3) is 6.53. The molecule has 0 N–H and O–H groups in total. The number of sulfone groups is 1. The fraction of sp³-hybridized carbons (Fsp3) is 0.682. The van der Waals surface area contributed by atoms with Crippen molar-refractivity contribution in [2.24, 2.45) is 0 Å². The number of hydrogen-bond acceptors (Lipinski definition) is 4. The first kappa shape index (κ1) is 25.1. The SMILES string of the molecule is CCCC(=O)C(CC[C@H](C)O[Si](C)(C)C(C)(C)C)S(=O)(=O)c1ccc(C)cc1. The lowest BCUT2D eigenvalue weighted by Crippen LogP contribution is -2.43. The smallest absolute Gasteiger partial charge is 0.192 e. The predicted molar refractivity (Wildman–Crippen MR) is 119 cm³/mol. The molecule has 1 unspecified atom stereocenters. The van der Waals surface area contributed by atoms with Gasteiger partial charge in [-0.2, -0.15) is 0 Å². The zero-order chi connectivity index (χ0) is 21.8. The van der Waals surface area contributed by atoms with Crippen LogP contribution in [0.2, 0.25) is 18.1 Å². The van der Waals surface area contributed by atoms with Crippen molar-refractivity contribution in [1.29, 1.82) is 0 Å². The molecular weight excluding hydrogens is 388 g/mol. The molecule has 0 aliphatic rings. The molecule has 0 amide bonds. The average Bonchev–Trinajstić information content (AvgIpc) is 2.53. The van der Waals surface area contributed by atoms with Crippen LogP contribution >= 0.6 is 0 Å². The fourth-order valence-corrected chi connectivity index (χ4v) is 6.15. The van der Waals surface area contributed by atoms with E-state index in [4.69, 9.17) is 4.43 Å². The number of ketones is 1. The molecule has 0 aliphatic carbocycles. The Morgan fingerprint density at radius 3 is 2.11 bits per heavy atom. The minimum Gasteiger partial charge on any atom is -0.414 e. The summed E-state index contributed by atoms with van der Waals surface area (Å²) in [5.41, 5.74) is 0.992. The second-order valence-electron chi connectivity index (χ2n) is 9.33. The van der Waals surface area contributed by atoms with Crippen LogP contribution in [0.3, 0.4) is 0 Å². The number of hydrogen-bond donors (Lipinski definition) is 0. The second-order valence-corrected chi connectivity index (χ2v) is 16.2. The van der Waals surface area contributed by atoms with E-state index in [1.165, 1.54) is 0 Å². The predicted octanol–water partition coefficient (Wildman–Crippen LogP) is 5.70. The Hall–Kier alpha value is -0.983. The van der Waals surface area contributed by atoms with Crippen LogP contribution in [0, 0.1) is 6.92 Å².